The molecule has 0 bridgehead atoms. The molecule has 0 amide bonds. The van der Waals surface area contributed by atoms with E-state index < -0.39 is 0 Å². The van der Waals surface area contributed by atoms with Crippen LogP contribution in [-0.2, 0) is 7.05 Å². The maximum Gasteiger partial charge on any atom is 0.189 e. The molecule has 2 rings (SSSR count). The molecule has 0 aliphatic carbocycles. The minimum absolute atomic E-state index is 0.127. The van der Waals surface area contributed by atoms with Gasteiger partial charge in [0.1, 0.15) is 0 Å². The zero-order valence-electron chi connectivity index (χ0n) is 12.7. The van der Waals surface area contributed by atoms with Gasteiger partial charge in [0.2, 0.25) is 0 Å². The number of halogens is 1. The molecule has 0 spiro atoms. The van der Waals surface area contributed by atoms with Crippen molar-refractivity contribution >= 4 is 23.5 Å². The number of carbonyl (C=O) groups excluding carboxylic acids is 1. The summed E-state index contributed by atoms with van der Waals surface area (Å²) in [6, 6.07) is 3.50. The normalized spacial score (nSPS) is 10.9. The number of aryl methyl sites for hydroxylation is 1. The Kier molecular flexibility index (Phi) is 5.22. The molecule has 1 aromatic heterocycles. The molecule has 22 heavy (non-hydrogen) atoms. The molecule has 2 aromatic rings. The number of benzene rings is 1. The number of allylic oxidation sites excluding steroid dienone is 1. The van der Waals surface area contributed by atoms with E-state index in [-0.39, 0.29) is 5.78 Å². The molecule has 6 heteroatoms. The van der Waals surface area contributed by atoms with Crippen LogP contribution in [0.2, 0.25) is 5.02 Å². The zero-order valence-corrected chi connectivity index (χ0v) is 13.4. The Morgan fingerprint density at radius 3 is 2.82 bits per heavy atom. The summed E-state index contributed by atoms with van der Waals surface area (Å²) >= 11 is 6.17. The smallest absolute Gasteiger partial charge is 0.189 e. The lowest BCUT2D eigenvalue weighted by Gasteiger charge is -2.11. The second-order valence-corrected chi connectivity index (χ2v) is 4.97. The molecule has 0 fully saturated rings. The van der Waals surface area contributed by atoms with Crippen molar-refractivity contribution < 1.29 is 14.3 Å². The molecule has 0 radical (unpaired) electrons. The SMILES string of the molecule is CCOc1cc(C=CC(=O)c2cnn(C)c2)cc(Cl)c1OC. The Morgan fingerprint density at radius 2 is 2.23 bits per heavy atom. The Labute approximate surface area is 134 Å². The molecule has 0 aliphatic heterocycles. The van der Waals surface area contributed by atoms with Gasteiger partial charge in [-0.25, -0.2) is 0 Å². The van der Waals surface area contributed by atoms with Crippen LogP contribution < -0.4 is 9.47 Å². The highest BCUT2D eigenvalue weighted by atomic mass is 35.5. The third-order valence-electron chi connectivity index (χ3n) is 2.95. The first kappa shape index (κ1) is 16.1. The van der Waals surface area contributed by atoms with Gasteiger partial charge in [-0.05, 0) is 30.7 Å². The van der Waals surface area contributed by atoms with E-state index >= 15 is 0 Å². The summed E-state index contributed by atoms with van der Waals surface area (Å²) < 4.78 is 12.3. The van der Waals surface area contributed by atoms with Gasteiger partial charge in [0, 0.05) is 13.2 Å². The van der Waals surface area contributed by atoms with Gasteiger partial charge in [0.25, 0.3) is 0 Å². The van der Waals surface area contributed by atoms with Crippen molar-refractivity contribution in [3.63, 3.8) is 0 Å². The van der Waals surface area contributed by atoms with E-state index in [9.17, 15) is 4.79 Å². The second kappa shape index (κ2) is 7.13. The third-order valence-corrected chi connectivity index (χ3v) is 3.23. The highest BCUT2D eigenvalue weighted by molar-refractivity contribution is 6.32. The maximum atomic E-state index is 12.0. The summed E-state index contributed by atoms with van der Waals surface area (Å²) in [7, 11) is 3.29. The van der Waals surface area contributed by atoms with Crippen LogP contribution in [0.5, 0.6) is 11.5 Å². The fraction of sp³-hybridized carbons (Fsp3) is 0.250. The van der Waals surface area contributed by atoms with E-state index in [1.807, 2.05) is 6.92 Å². The third kappa shape index (κ3) is 3.68. The first-order valence-electron chi connectivity index (χ1n) is 6.76. The van der Waals surface area contributed by atoms with Gasteiger partial charge >= 0.3 is 0 Å². The summed E-state index contributed by atoms with van der Waals surface area (Å²) in [4.78, 5) is 12.0. The molecule has 5 nitrogen and oxygen atoms in total. The van der Waals surface area contributed by atoms with Crippen LogP contribution in [0, 0.1) is 0 Å². The fourth-order valence-electron chi connectivity index (χ4n) is 1.96. The quantitative estimate of drug-likeness (QED) is 0.605. The summed E-state index contributed by atoms with van der Waals surface area (Å²) in [6.07, 6.45) is 6.35. The van der Waals surface area contributed by atoms with Gasteiger partial charge in [0.15, 0.2) is 17.3 Å². The Balaban J connectivity index is 2.25. The Morgan fingerprint density at radius 1 is 1.45 bits per heavy atom. The van der Waals surface area contributed by atoms with Crippen molar-refractivity contribution in [2.75, 3.05) is 13.7 Å². The summed E-state index contributed by atoms with van der Waals surface area (Å²) in [6.45, 7) is 2.37. The van der Waals surface area contributed by atoms with Crippen molar-refractivity contribution in [3.05, 3.63) is 46.8 Å². The number of methoxy groups -OCH3 is 1. The van der Waals surface area contributed by atoms with Crippen LogP contribution in [0.15, 0.2) is 30.6 Å². The lowest BCUT2D eigenvalue weighted by Crippen LogP contribution is -1.97. The summed E-state index contributed by atoms with van der Waals surface area (Å²) in [5.41, 5.74) is 1.29. The molecule has 1 heterocycles. The Hall–Kier alpha value is -2.27. The molecule has 0 saturated heterocycles. The average Bonchev–Trinajstić information content (AvgIpc) is 2.91. The number of carbonyl (C=O) groups is 1. The topological polar surface area (TPSA) is 53.3 Å². The number of hydrogen-bond acceptors (Lipinski definition) is 4. The van der Waals surface area contributed by atoms with E-state index in [4.69, 9.17) is 21.1 Å². The molecular weight excluding hydrogens is 304 g/mol. The van der Waals surface area contributed by atoms with Crippen LogP contribution in [0.25, 0.3) is 6.08 Å². The van der Waals surface area contributed by atoms with Crippen LogP contribution >= 0.6 is 11.6 Å². The van der Waals surface area contributed by atoms with E-state index in [0.29, 0.717) is 28.7 Å². The molecular formula is C16H17ClN2O3. The lowest BCUT2D eigenvalue weighted by molar-refractivity contribution is 0.104. The number of hydrogen-bond donors (Lipinski definition) is 0. The van der Waals surface area contributed by atoms with Crippen LogP contribution in [-0.4, -0.2) is 29.3 Å². The standard InChI is InChI=1S/C16H17ClN2O3/c1-4-22-15-8-11(7-13(17)16(15)21-3)5-6-14(20)12-9-18-19(2)10-12/h5-10H,4H2,1-3H3. The number of nitrogens with zero attached hydrogens (tertiary/aromatic N) is 2. The average molecular weight is 321 g/mol. The predicted octanol–water partition coefficient (Wildman–Crippen LogP) is 3.38. The van der Waals surface area contributed by atoms with E-state index in [2.05, 4.69) is 5.10 Å². The van der Waals surface area contributed by atoms with Gasteiger partial charge in [-0.2, -0.15) is 5.10 Å². The molecule has 1 aromatic carbocycles. The number of ether oxygens (including phenoxy) is 2. The maximum absolute atomic E-state index is 12.0. The van der Waals surface area contributed by atoms with E-state index in [1.165, 1.54) is 19.4 Å². The van der Waals surface area contributed by atoms with Gasteiger partial charge in [0.05, 0.1) is 30.5 Å². The van der Waals surface area contributed by atoms with Crippen LogP contribution in [0.3, 0.4) is 0 Å². The zero-order chi connectivity index (χ0) is 16.1. The van der Waals surface area contributed by atoms with E-state index in [1.54, 1.807) is 36.1 Å². The highest BCUT2D eigenvalue weighted by Gasteiger charge is 2.11. The van der Waals surface area contributed by atoms with Crippen molar-refractivity contribution in [2.45, 2.75) is 6.92 Å². The number of rotatable bonds is 6. The molecule has 0 N–H and O–H groups in total. The highest BCUT2D eigenvalue weighted by Crippen LogP contribution is 2.36. The van der Waals surface area contributed by atoms with Crippen molar-refractivity contribution in [1.82, 2.24) is 9.78 Å². The van der Waals surface area contributed by atoms with Gasteiger partial charge < -0.3 is 9.47 Å². The van der Waals surface area contributed by atoms with Crippen molar-refractivity contribution in [3.8, 4) is 11.5 Å². The molecule has 0 saturated carbocycles. The number of aromatic nitrogens is 2. The van der Waals surface area contributed by atoms with Gasteiger partial charge in [-0.3, -0.25) is 9.48 Å². The minimum atomic E-state index is -0.127. The first-order valence-corrected chi connectivity index (χ1v) is 7.14. The first-order chi connectivity index (χ1) is 10.5. The number of ketones is 1. The van der Waals surface area contributed by atoms with Crippen LogP contribution in [0.1, 0.15) is 22.8 Å². The summed E-state index contributed by atoms with van der Waals surface area (Å²) in [5.74, 6) is 0.906. The summed E-state index contributed by atoms with van der Waals surface area (Å²) in [5, 5.41) is 4.40. The monoisotopic (exact) mass is 320 g/mol. The lowest BCUT2D eigenvalue weighted by atomic mass is 10.1. The van der Waals surface area contributed by atoms with Gasteiger partial charge in [-0.15, -0.1) is 0 Å². The Bertz CT molecular complexity index is 707. The van der Waals surface area contributed by atoms with E-state index in [0.717, 1.165) is 5.56 Å². The minimum Gasteiger partial charge on any atom is -0.491 e. The van der Waals surface area contributed by atoms with Crippen molar-refractivity contribution in [1.29, 1.82) is 0 Å². The molecule has 0 atom stereocenters. The van der Waals surface area contributed by atoms with Crippen LogP contribution in [0.4, 0.5) is 0 Å². The molecule has 0 aliphatic rings. The fourth-order valence-corrected chi connectivity index (χ4v) is 2.26. The predicted molar refractivity (Wildman–Crippen MR) is 85.7 cm³/mol. The van der Waals surface area contributed by atoms with Crippen molar-refractivity contribution in [2.24, 2.45) is 7.05 Å². The molecule has 0 unspecified atom stereocenters. The largest absolute Gasteiger partial charge is 0.491 e. The van der Waals surface area contributed by atoms with Gasteiger partial charge in [-0.1, -0.05) is 17.7 Å². The molecule has 116 valence electrons. The second-order valence-electron chi connectivity index (χ2n) is 4.57.